The van der Waals surface area contributed by atoms with Crippen molar-refractivity contribution in [2.45, 2.75) is 45.7 Å². The van der Waals surface area contributed by atoms with E-state index in [4.69, 9.17) is 10.5 Å². The Hall–Kier alpha value is -0.610. The molecule has 0 aromatic heterocycles. The second-order valence-electron chi connectivity index (χ2n) is 3.77. The summed E-state index contributed by atoms with van der Waals surface area (Å²) in [6.07, 6.45) is 2.14. The Kier molecular flexibility index (Phi) is 7.34. The first-order valence-electron chi connectivity index (χ1n) is 5.69. The summed E-state index contributed by atoms with van der Waals surface area (Å²) in [4.78, 5) is 13.4. The molecule has 15 heavy (non-hydrogen) atoms. The third kappa shape index (κ3) is 5.14. The third-order valence-electron chi connectivity index (χ3n) is 2.64. The predicted molar refractivity (Wildman–Crippen MR) is 61.6 cm³/mol. The Morgan fingerprint density at radius 1 is 1.33 bits per heavy atom. The highest BCUT2D eigenvalue weighted by molar-refractivity contribution is 5.75. The number of carbonyl (C=O) groups is 1. The average molecular weight is 216 g/mol. The van der Waals surface area contributed by atoms with Crippen LogP contribution in [0.25, 0.3) is 0 Å². The molecule has 90 valence electrons. The Morgan fingerprint density at radius 3 is 2.27 bits per heavy atom. The Bertz CT molecular complexity index is 181. The zero-order chi connectivity index (χ0) is 11.8. The minimum Gasteiger partial charge on any atom is -0.465 e. The van der Waals surface area contributed by atoms with Crippen molar-refractivity contribution in [1.29, 1.82) is 0 Å². The van der Waals surface area contributed by atoms with Gasteiger partial charge in [0.1, 0.15) is 6.04 Å². The van der Waals surface area contributed by atoms with Crippen LogP contribution in [0.1, 0.15) is 33.6 Å². The van der Waals surface area contributed by atoms with Crippen molar-refractivity contribution < 1.29 is 9.53 Å². The Labute approximate surface area is 92.8 Å². The second-order valence-corrected chi connectivity index (χ2v) is 3.77. The number of hydrogen-bond donors (Lipinski definition) is 1. The molecule has 0 saturated carbocycles. The van der Waals surface area contributed by atoms with Gasteiger partial charge in [0, 0.05) is 12.6 Å². The van der Waals surface area contributed by atoms with E-state index < -0.39 is 6.04 Å². The lowest BCUT2D eigenvalue weighted by Crippen LogP contribution is -2.45. The quantitative estimate of drug-likeness (QED) is 0.645. The molecule has 0 aromatic carbocycles. The van der Waals surface area contributed by atoms with Crippen molar-refractivity contribution in [2.75, 3.05) is 20.2 Å². The molecule has 0 radical (unpaired) electrons. The molecule has 1 atom stereocenters. The van der Waals surface area contributed by atoms with Gasteiger partial charge in [0.05, 0.1) is 6.61 Å². The van der Waals surface area contributed by atoms with Crippen molar-refractivity contribution in [3.8, 4) is 0 Å². The highest BCUT2D eigenvalue weighted by Gasteiger charge is 2.19. The van der Waals surface area contributed by atoms with Crippen LogP contribution in [0.15, 0.2) is 0 Å². The number of nitrogens with two attached hydrogens (primary N) is 1. The van der Waals surface area contributed by atoms with Crippen LogP contribution < -0.4 is 5.73 Å². The van der Waals surface area contributed by atoms with Gasteiger partial charge in [0.15, 0.2) is 0 Å². The molecule has 0 fully saturated rings. The van der Waals surface area contributed by atoms with Crippen molar-refractivity contribution in [3.63, 3.8) is 0 Å². The molecule has 4 nitrogen and oxygen atoms in total. The van der Waals surface area contributed by atoms with Crippen molar-refractivity contribution in [3.05, 3.63) is 0 Å². The largest absolute Gasteiger partial charge is 0.465 e. The molecule has 0 aliphatic rings. The molecular formula is C11H24N2O2. The lowest BCUT2D eigenvalue weighted by molar-refractivity contribution is -0.145. The van der Waals surface area contributed by atoms with Gasteiger partial charge >= 0.3 is 5.97 Å². The van der Waals surface area contributed by atoms with E-state index in [-0.39, 0.29) is 5.97 Å². The predicted octanol–water partition coefficient (Wildman–Crippen LogP) is 0.997. The van der Waals surface area contributed by atoms with Crippen LogP contribution >= 0.6 is 0 Å². The summed E-state index contributed by atoms with van der Waals surface area (Å²) < 4.78 is 4.86. The monoisotopic (exact) mass is 216 g/mol. The van der Waals surface area contributed by atoms with Crippen molar-refractivity contribution in [2.24, 2.45) is 5.73 Å². The fourth-order valence-electron chi connectivity index (χ4n) is 1.70. The summed E-state index contributed by atoms with van der Waals surface area (Å²) in [5.41, 5.74) is 5.74. The molecule has 0 amide bonds. The molecule has 0 spiro atoms. The Balaban J connectivity index is 4.04. The van der Waals surface area contributed by atoms with Gasteiger partial charge in [0.25, 0.3) is 0 Å². The zero-order valence-electron chi connectivity index (χ0n) is 10.3. The molecule has 0 saturated heterocycles. The number of likely N-dealkylation sites (N-methyl/N-ethyl adjacent to an activating group) is 1. The first-order chi connectivity index (χ1) is 7.06. The van der Waals surface area contributed by atoms with Gasteiger partial charge in [-0.25, -0.2) is 0 Å². The molecule has 0 aliphatic carbocycles. The average Bonchev–Trinajstić information content (AvgIpc) is 2.19. The van der Waals surface area contributed by atoms with E-state index >= 15 is 0 Å². The molecule has 0 heterocycles. The van der Waals surface area contributed by atoms with Crippen molar-refractivity contribution in [1.82, 2.24) is 4.90 Å². The van der Waals surface area contributed by atoms with Gasteiger partial charge in [-0.3, -0.25) is 4.79 Å². The van der Waals surface area contributed by atoms with Crippen LogP contribution in [0, 0.1) is 0 Å². The highest BCUT2D eigenvalue weighted by atomic mass is 16.5. The van der Waals surface area contributed by atoms with E-state index in [0.29, 0.717) is 19.2 Å². The summed E-state index contributed by atoms with van der Waals surface area (Å²) in [5, 5.41) is 0. The fraction of sp³-hybridized carbons (Fsp3) is 0.909. The molecule has 0 bridgehead atoms. The maximum atomic E-state index is 11.3. The molecule has 4 heteroatoms. The number of hydrogen-bond acceptors (Lipinski definition) is 4. The molecular weight excluding hydrogens is 192 g/mol. The van der Waals surface area contributed by atoms with Crippen LogP contribution in [-0.2, 0) is 9.53 Å². The maximum absolute atomic E-state index is 11.3. The van der Waals surface area contributed by atoms with Crippen molar-refractivity contribution >= 4 is 5.97 Å². The lowest BCUT2D eigenvalue weighted by atomic mass is 10.1. The summed E-state index contributed by atoms with van der Waals surface area (Å²) in [5.74, 6) is -0.310. The number of ether oxygens (including phenoxy) is 1. The molecule has 1 unspecified atom stereocenters. The topological polar surface area (TPSA) is 55.6 Å². The van der Waals surface area contributed by atoms with Crippen LogP contribution in [-0.4, -0.2) is 43.2 Å². The summed E-state index contributed by atoms with van der Waals surface area (Å²) >= 11 is 0. The van der Waals surface area contributed by atoms with E-state index in [1.54, 1.807) is 6.92 Å². The van der Waals surface area contributed by atoms with Crippen LogP contribution in [0.5, 0.6) is 0 Å². The third-order valence-corrected chi connectivity index (χ3v) is 2.64. The van der Waals surface area contributed by atoms with Gasteiger partial charge in [0.2, 0.25) is 0 Å². The van der Waals surface area contributed by atoms with Gasteiger partial charge < -0.3 is 15.4 Å². The summed E-state index contributed by atoms with van der Waals surface area (Å²) in [6.45, 7) is 7.02. The van der Waals surface area contributed by atoms with Gasteiger partial charge in [-0.15, -0.1) is 0 Å². The van der Waals surface area contributed by atoms with Gasteiger partial charge in [-0.1, -0.05) is 13.8 Å². The SMILES string of the molecule is CCOC(=O)C(N)CN(C)C(CC)CC. The first-order valence-corrected chi connectivity index (χ1v) is 5.69. The van der Waals surface area contributed by atoms with Crippen LogP contribution in [0.3, 0.4) is 0 Å². The van der Waals surface area contributed by atoms with E-state index in [9.17, 15) is 4.79 Å². The van der Waals surface area contributed by atoms with Crippen LogP contribution in [0.2, 0.25) is 0 Å². The summed E-state index contributed by atoms with van der Waals surface area (Å²) in [7, 11) is 2.00. The van der Waals surface area contributed by atoms with Gasteiger partial charge in [-0.2, -0.15) is 0 Å². The minimum atomic E-state index is -0.532. The number of carbonyl (C=O) groups excluding carboxylic acids is 1. The van der Waals surface area contributed by atoms with E-state index in [2.05, 4.69) is 18.7 Å². The summed E-state index contributed by atoms with van der Waals surface area (Å²) in [6, 6.07) is -0.0407. The maximum Gasteiger partial charge on any atom is 0.324 e. The molecule has 0 rings (SSSR count). The lowest BCUT2D eigenvalue weighted by Gasteiger charge is -2.27. The Morgan fingerprint density at radius 2 is 1.87 bits per heavy atom. The van der Waals surface area contributed by atoms with E-state index in [1.807, 2.05) is 7.05 Å². The minimum absolute atomic E-state index is 0.310. The standard InChI is InChI=1S/C11H24N2O2/c1-5-9(6-2)13(4)8-10(12)11(14)15-7-3/h9-10H,5-8,12H2,1-4H3. The smallest absolute Gasteiger partial charge is 0.324 e. The molecule has 0 aliphatic heterocycles. The zero-order valence-corrected chi connectivity index (χ0v) is 10.3. The molecule has 0 aromatic rings. The van der Waals surface area contributed by atoms with Crippen LogP contribution in [0.4, 0.5) is 0 Å². The second kappa shape index (κ2) is 7.65. The fourth-order valence-corrected chi connectivity index (χ4v) is 1.70. The van der Waals surface area contributed by atoms with E-state index in [0.717, 1.165) is 12.8 Å². The van der Waals surface area contributed by atoms with E-state index in [1.165, 1.54) is 0 Å². The number of esters is 1. The highest BCUT2D eigenvalue weighted by Crippen LogP contribution is 2.06. The van der Waals surface area contributed by atoms with Gasteiger partial charge in [-0.05, 0) is 26.8 Å². The normalized spacial score (nSPS) is 13.3. The number of nitrogens with zero attached hydrogens (tertiary/aromatic N) is 1. The first kappa shape index (κ1) is 14.4. The molecule has 2 N–H and O–H groups in total. The number of rotatable bonds is 7.